The molecular weight excluding hydrogens is 324 g/mol. The van der Waals surface area contributed by atoms with Crippen molar-refractivity contribution in [3.8, 4) is 39.6 Å². The monoisotopic (exact) mass is 340 g/mol. The Balaban J connectivity index is 1.83. The van der Waals surface area contributed by atoms with Crippen molar-refractivity contribution in [2.45, 2.75) is 6.92 Å². The van der Waals surface area contributed by atoms with Gasteiger partial charge in [-0.2, -0.15) is 4.37 Å². The van der Waals surface area contributed by atoms with E-state index in [4.69, 9.17) is 19.9 Å². The van der Waals surface area contributed by atoms with E-state index in [1.807, 2.05) is 36.6 Å². The zero-order chi connectivity index (χ0) is 16.7. The molecule has 24 heavy (non-hydrogen) atoms. The lowest BCUT2D eigenvalue weighted by atomic mass is 9.99. The topological polar surface area (TPSA) is 66.6 Å². The van der Waals surface area contributed by atoms with Gasteiger partial charge in [0.25, 0.3) is 0 Å². The number of benzene rings is 2. The number of nitrogens with zero attached hydrogens (tertiary/aromatic N) is 1. The molecule has 0 atom stereocenters. The number of anilines is 1. The van der Waals surface area contributed by atoms with Crippen LogP contribution in [0.15, 0.2) is 35.7 Å². The van der Waals surface area contributed by atoms with Crippen molar-refractivity contribution >= 4 is 17.2 Å². The summed E-state index contributed by atoms with van der Waals surface area (Å²) in [5.41, 5.74) is 11.7. The van der Waals surface area contributed by atoms with Gasteiger partial charge in [0.15, 0.2) is 11.5 Å². The molecule has 0 unspecified atom stereocenters. The Hall–Kier alpha value is -2.73. The van der Waals surface area contributed by atoms with Crippen LogP contribution in [0, 0.1) is 6.92 Å². The SMILES string of the molecule is COc1ccc(-c2csnc2-c2cc(C)c3c(c2)OCO3)c(N)c1. The minimum absolute atomic E-state index is 0.259. The van der Waals surface area contributed by atoms with Gasteiger partial charge < -0.3 is 19.9 Å². The Bertz CT molecular complexity index is 921. The molecule has 0 fully saturated rings. The number of aryl methyl sites for hydroxylation is 1. The summed E-state index contributed by atoms with van der Waals surface area (Å²) in [6, 6.07) is 9.71. The maximum atomic E-state index is 6.21. The average molecular weight is 340 g/mol. The van der Waals surface area contributed by atoms with Gasteiger partial charge in [-0.3, -0.25) is 0 Å². The van der Waals surface area contributed by atoms with Crippen LogP contribution in [0.1, 0.15) is 5.56 Å². The second-order valence-electron chi connectivity index (χ2n) is 5.56. The molecule has 4 rings (SSSR count). The number of hydrogen-bond donors (Lipinski definition) is 1. The molecule has 2 heterocycles. The van der Waals surface area contributed by atoms with Gasteiger partial charge in [-0.05, 0) is 48.3 Å². The molecular formula is C18H16N2O3S. The van der Waals surface area contributed by atoms with Crippen LogP contribution >= 0.6 is 11.5 Å². The minimum Gasteiger partial charge on any atom is -0.497 e. The summed E-state index contributed by atoms with van der Waals surface area (Å²) in [7, 11) is 1.63. The lowest BCUT2D eigenvalue weighted by molar-refractivity contribution is 0.173. The summed E-state index contributed by atoms with van der Waals surface area (Å²) >= 11 is 1.40. The van der Waals surface area contributed by atoms with Crippen molar-refractivity contribution in [3.63, 3.8) is 0 Å². The fourth-order valence-corrected chi connectivity index (χ4v) is 3.58. The summed E-state index contributed by atoms with van der Waals surface area (Å²) in [6.45, 7) is 2.26. The first kappa shape index (κ1) is 14.8. The van der Waals surface area contributed by atoms with Crippen molar-refractivity contribution in [3.05, 3.63) is 41.3 Å². The molecule has 1 aromatic heterocycles. The Morgan fingerprint density at radius 2 is 2.04 bits per heavy atom. The fraction of sp³-hybridized carbons (Fsp3) is 0.167. The van der Waals surface area contributed by atoms with E-state index in [2.05, 4.69) is 10.4 Å². The first-order valence-corrected chi connectivity index (χ1v) is 8.30. The van der Waals surface area contributed by atoms with E-state index in [1.54, 1.807) is 7.11 Å². The summed E-state index contributed by atoms with van der Waals surface area (Å²) in [4.78, 5) is 0. The van der Waals surface area contributed by atoms with E-state index in [-0.39, 0.29) is 6.79 Å². The molecule has 0 amide bonds. The molecule has 1 aliphatic rings. The molecule has 0 saturated heterocycles. The standard InChI is InChI=1S/C18H16N2O3S/c1-10-5-11(6-16-18(10)23-9-22-16)17-14(8-24-20-17)13-4-3-12(21-2)7-15(13)19/h3-8H,9,19H2,1-2H3. The summed E-state index contributed by atoms with van der Waals surface area (Å²) in [5.74, 6) is 2.30. The number of hydrogen-bond acceptors (Lipinski definition) is 6. The van der Waals surface area contributed by atoms with Gasteiger partial charge in [-0.25, -0.2) is 0 Å². The van der Waals surface area contributed by atoms with Crippen molar-refractivity contribution in [1.82, 2.24) is 4.37 Å². The predicted octanol–water partition coefficient (Wildman–Crippen LogP) is 4.11. The average Bonchev–Trinajstić information content (AvgIpc) is 3.23. The zero-order valence-corrected chi connectivity index (χ0v) is 14.1. The van der Waals surface area contributed by atoms with E-state index in [0.29, 0.717) is 5.69 Å². The van der Waals surface area contributed by atoms with Crippen LogP contribution in [0.2, 0.25) is 0 Å². The molecule has 0 saturated carbocycles. The third kappa shape index (κ3) is 2.35. The van der Waals surface area contributed by atoms with E-state index in [0.717, 1.165) is 45.2 Å². The van der Waals surface area contributed by atoms with Crippen LogP contribution in [0.25, 0.3) is 22.4 Å². The molecule has 3 aromatic rings. The van der Waals surface area contributed by atoms with Gasteiger partial charge in [0, 0.05) is 33.8 Å². The van der Waals surface area contributed by atoms with E-state index >= 15 is 0 Å². The molecule has 1 aliphatic heterocycles. The lowest BCUT2D eigenvalue weighted by Gasteiger charge is -2.10. The van der Waals surface area contributed by atoms with E-state index in [1.165, 1.54) is 11.5 Å². The first-order valence-electron chi connectivity index (χ1n) is 7.46. The Labute approximate surface area is 143 Å². The molecule has 0 bridgehead atoms. The predicted molar refractivity (Wildman–Crippen MR) is 94.8 cm³/mol. The van der Waals surface area contributed by atoms with E-state index < -0.39 is 0 Å². The van der Waals surface area contributed by atoms with Crippen molar-refractivity contribution < 1.29 is 14.2 Å². The number of fused-ring (bicyclic) bond motifs is 1. The quantitative estimate of drug-likeness (QED) is 0.727. The molecule has 0 spiro atoms. The molecule has 2 N–H and O–H groups in total. The summed E-state index contributed by atoms with van der Waals surface area (Å²) < 4.78 is 20.8. The van der Waals surface area contributed by atoms with Crippen LogP contribution in [-0.4, -0.2) is 18.3 Å². The van der Waals surface area contributed by atoms with Gasteiger partial charge in [-0.1, -0.05) is 0 Å². The van der Waals surface area contributed by atoms with Crippen LogP contribution < -0.4 is 19.9 Å². The fourth-order valence-electron chi connectivity index (χ4n) is 2.87. The van der Waals surface area contributed by atoms with Gasteiger partial charge in [0.05, 0.1) is 12.8 Å². The third-order valence-corrected chi connectivity index (χ3v) is 4.68. The second kappa shape index (κ2) is 5.72. The highest BCUT2D eigenvalue weighted by molar-refractivity contribution is 7.04. The number of aromatic nitrogens is 1. The van der Waals surface area contributed by atoms with Crippen LogP contribution in [0.5, 0.6) is 17.2 Å². The van der Waals surface area contributed by atoms with Gasteiger partial charge in [0.2, 0.25) is 6.79 Å². The van der Waals surface area contributed by atoms with Crippen LogP contribution in [-0.2, 0) is 0 Å². The summed E-state index contributed by atoms with van der Waals surface area (Å²) in [5, 5.41) is 2.01. The maximum absolute atomic E-state index is 6.21. The Morgan fingerprint density at radius 3 is 2.83 bits per heavy atom. The minimum atomic E-state index is 0.259. The van der Waals surface area contributed by atoms with E-state index in [9.17, 15) is 0 Å². The highest BCUT2D eigenvalue weighted by atomic mass is 32.1. The van der Waals surface area contributed by atoms with Gasteiger partial charge in [0.1, 0.15) is 5.75 Å². The maximum Gasteiger partial charge on any atom is 0.231 e. The third-order valence-electron chi connectivity index (χ3n) is 4.05. The summed E-state index contributed by atoms with van der Waals surface area (Å²) in [6.07, 6.45) is 0. The van der Waals surface area contributed by atoms with Gasteiger partial charge in [-0.15, -0.1) is 0 Å². The van der Waals surface area contributed by atoms with Gasteiger partial charge >= 0.3 is 0 Å². The van der Waals surface area contributed by atoms with Crippen LogP contribution in [0.3, 0.4) is 0 Å². The first-order chi connectivity index (χ1) is 11.7. The lowest BCUT2D eigenvalue weighted by Crippen LogP contribution is -1.93. The largest absolute Gasteiger partial charge is 0.497 e. The van der Waals surface area contributed by atoms with Crippen molar-refractivity contribution in [2.24, 2.45) is 0 Å². The van der Waals surface area contributed by atoms with Crippen LogP contribution in [0.4, 0.5) is 5.69 Å². The molecule has 2 aromatic carbocycles. The van der Waals surface area contributed by atoms with Crippen molar-refractivity contribution in [2.75, 3.05) is 19.6 Å². The molecule has 6 heteroatoms. The van der Waals surface area contributed by atoms with Crippen molar-refractivity contribution in [1.29, 1.82) is 0 Å². The zero-order valence-electron chi connectivity index (χ0n) is 13.3. The number of rotatable bonds is 3. The molecule has 0 aliphatic carbocycles. The Kier molecular flexibility index (Phi) is 3.54. The number of nitrogen functional groups attached to an aromatic ring is 1. The number of nitrogens with two attached hydrogens (primary N) is 1. The highest BCUT2D eigenvalue weighted by Gasteiger charge is 2.20. The normalized spacial score (nSPS) is 12.4. The number of methoxy groups -OCH3 is 1. The number of ether oxygens (including phenoxy) is 3. The molecule has 122 valence electrons. The highest BCUT2D eigenvalue weighted by Crippen LogP contribution is 2.42. The second-order valence-corrected chi connectivity index (χ2v) is 6.19. The molecule has 0 radical (unpaired) electrons. The molecule has 5 nitrogen and oxygen atoms in total. The Morgan fingerprint density at radius 1 is 1.17 bits per heavy atom. The smallest absolute Gasteiger partial charge is 0.231 e.